The molecule has 7 nitrogen and oxygen atoms in total. The van der Waals surface area contributed by atoms with Crippen LogP contribution in [0.3, 0.4) is 0 Å². The molecule has 1 aromatic heterocycles. The average Bonchev–Trinajstić information content (AvgIpc) is 3.02. The fourth-order valence-electron chi connectivity index (χ4n) is 3.56. The zero-order valence-electron chi connectivity index (χ0n) is 17.1. The third kappa shape index (κ3) is 4.52. The Hall–Kier alpha value is -3.04. The van der Waals surface area contributed by atoms with E-state index in [2.05, 4.69) is 5.10 Å². The predicted octanol–water partition coefficient (Wildman–Crippen LogP) is 2.58. The summed E-state index contributed by atoms with van der Waals surface area (Å²) in [6.07, 6.45) is 0.627. The lowest BCUT2D eigenvalue weighted by atomic mass is 10.2. The van der Waals surface area contributed by atoms with E-state index >= 15 is 0 Å². The van der Waals surface area contributed by atoms with E-state index in [9.17, 15) is 17.6 Å². The van der Waals surface area contributed by atoms with Gasteiger partial charge in [0.2, 0.25) is 10.0 Å². The highest BCUT2D eigenvalue weighted by atomic mass is 32.2. The second kappa shape index (κ2) is 8.60. The molecule has 0 atom stereocenters. The summed E-state index contributed by atoms with van der Waals surface area (Å²) in [7, 11) is -3.57. The second-order valence-electron chi connectivity index (χ2n) is 7.48. The first-order chi connectivity index (χ1) is 14.8. The number of benzene rings is 2. The molecule has 162 valence electrons. The van der Waals surface area contributed by atoms with Crippen LogP contribution in [0.1, 0.15) is 12.0 Å². The van der Waals surface area contributed by atoms with Crippen molar-refractivity contribution in [2.24, 2.45) is 0 Å². The normalized spacial score (nSPS) is 15.6. The van der Waals surface area contributed by atoms with Gasteiger partial charge < -0.3 is 4.90 Å². The SMILES string of the molecule is Cc1ccc(S(=O)(=O)N2CCCN(c3ccc(=O)n(-c4ccc(F)cc4)n3)CC2)cc1. The van der Waals surface area contributed by atoms with Crippen LogP contribution in [-0.2, 0) is 10.0 Å². The smallest absolute Gasteiger partial charge is 0.271 e. The second-order valence-corrected chi connectivity index (χ2v) is 9.41. The minimum absolute atomic E-state index is 0.287. The Morgan fingerprint density at radius 3 is 2.29 bits per heavy atom. The van der Waals surface area contributed by atoms with E-state index in [1.54, 1.807) is 30.3 Å². The Kier molecular flexibility index (Phi) is 5.88. The average molecular weight is 443 g/mol. The van der Waals surface area contributed by atoms with Crippen molar-refractivity contribution in [3.8, 4) is 5.69 Å². The van der Waals surface area contributed by atoms with Gasteiger partial charge in [-0.2, -0.15) is 8.99 Å². The molecule has 0 radical (unpaired) electrons. The summed E-state index contributed by atoms with van der Waals surface area (Å²) in [5.74, 6) is 0.175. The number of rotatable bonds is 4. The molecule has 1 saturated heterocycles. The molecular weight excluding hydrogens is 419 g/mol. The molecule has 0 saturated carbocycles. The number of anilines is 1. The van der Waals surface area contributed by atoms with E-state index in [1.807, 2.05) is 11.8 Å². The topological polar surface area (TPSA) is 75.5 Å². The van der Waals surface area contributed by atoms with Crippen molar-refractivity contribution in [3.05, 3.63) is 82.4 Å². The van der Waals surface area contributed by atoms with E-state index in [0.717, 1.165) is 5.56 Å². The Morgan fingerprint density at radius 2 is 1.58 bits per heavy atom. The monoisotopic (exact) mass is 442 g/mol. The van der Waals surface area contributed by atoms with E-state index in [0.29, 0.717) is 44.1 Å². The number of aromatic nitrogens is 2. The van der Waals surface area contributed by atoms with Gasteiger partial charge in [-0.15, -0.1) is 5.10 Å². The Morgan fingerprint density at radius 1 is 0.871 bits per heavy atom. The van der Waals surface area contributed by atoms with E-state index in [-0.39, 0.29) is 10.5 Å². The number of halogens is 1. The van der Waals surface area contributed by atoms with Gasteiger partial charge in [0.1, 0.15) is 11.6 Å². The van der Waals surface area contributed by atoms with Crippen molar-refractivity contribution < 1.29 is 12.8 Å². The Balaban J connectivity index is 1.55. The molecule has 1 aliphatic rings. The minimum atomic E-state index is -3.57. The van der Waals surface area contributed by atoms with Gasteiger partial charge in [0.25, 0.3) is 5.56 Å². The Labute approximate surface area is 180 Å². The lowest BCUT2D eigenvalue weighted by molar-refractivity contribution is 0.433. The van der Waals surface area contributed by atoms with Crippen LogP contribution in [0.15, 0.2) is 70.4 Å². The molecule has 3 aromatic rings. The van der Waals surface area contributed by atoms with Gasteiger partial charge in [-0.1, -0.05) is 17.7 Å². The fourth-order valence-corrected chi connectivity index (χ4v) is 5.03. The summed E-state index contributed by atoms with van der Waals surface area (Å²) in [5, 5.41) is 4.43. The van der Waals surface area contributed by atoms with Crippen LogP contribution in [0.2, 0.25) is 0 Å². The van der Waals surface area contributed by atoms with Crippen molar-refractivity contribution in [3.63, 3.8) is 0 Å². The Bertz CT molecular complexity index is 1220. The maximum atomic E-state index is 13.2. The molecule has 0 bridgehead atoms. The van der Waals surface area contributed by atoms with Crippen molar-refractivity contribution in [1.29, 1.82) is 0 Å². The molecule has 0 amide bonds. The number of sulfonamides is 1. The molecule has 0 unspecified atom stereocenters. The van der Waals surface area contributed by atoms with Crippen LogP contribution >= 0.6 is 0 Å². The molecule has 0 spiro atoms. The van der Waals surface area contributed by atoms with Crippen LogP contribution < -0.4 is 10.5 Å². The quantitative estimate of drug-likeness (QED) is 0.621. The van der Waals surface area contributed by atoms with Crippen molar-refractivity contribution in [2.75, 3.05) is 31.1 Å². The number of hydrogen-bond donors (Lipinski definition) is 0. The number of hydrogen-bond acceptors (Lipinski definition) is 5. The first kappa shape index (κ1) is 21.2. The highest BCUT2D eigenvalue weighted by Crippen LogP contribution is 2.20. The third-order valence-electron chi connectivity index (χ3n) is 5.30. The molecule has 2 aromatic carbocycles. The van der Waals surface area contributed by atoms with E-state index < -0.39 is 15.8 Å². The molecule has 31 heavy (non-hydrogen) atoms. The van der Waals surface area contributed by atoms with Gasteiger partial charge in [-0.05, 0) is 55.8 Å². The van der Waals surface area contributed by atoms with Crippen LogP contribution in [0.4, 0.5) is 10.2 Å². The highest BCUT2D eigenvalue weighted by Gasteiger charge is 2.27. The van der Waals surface area contributed by atoms with E-state index in [4.69, 9.17) is 0 Å². The van der Waals surface area contributed by atoms with Gasteiger partial charge in [0.15, 0.2) is 0 Å². The molecule has 9 heteroatoms. The van der Waals surface area contributed by atoms with Crippen LogP contribution in [0.25, 0.3) is 5.69 Å². The predicted molar refractivity (Wildman–Crippen MR) is 117 cm³/mol. The van der Waals surface area contributed by atoms with Crippen LogP contribution in [0, 0.1) is 12.7 Å². The van der Waals surface area contributed by atoms with Gasteiger partial charge in [-0.25, -0.2) is 12.8 Å². The molecule has 1 fully saturated rings. The maximum absolute atomic E-state index is 13.2. The summed E-state index contributed by atoms with van der Waals surface area (Å²) in [6, 6.07) is 15.4. The summed E-state index contributed by atoms with van der Waals surface area (Å²) < 4.78 is 42.0. The van der Waals surface area contributed by atoms with Crippen molar-refractivity contribution in [1.82, 2.24) is 14.1 Å². The lowest BCUT2D eigenvalue weighted by Crippen LogP contribution is -2.36. The van der Waals surface area contributed by atoms with Crippen LogP contribution in [0.5, 0.6) is 0 Å². The van der Waals surface area contributed by atoms with Gasteiger partial charge in [0, 0.05) is 32.2 Å². The first-order valence-corrected chi connectivity index (χ1v) is 11.5. The number of aryl methyl sites for hydroxylation is 1. The summed E-state index contributed by atoms with van der Waals surface area (Å²) in [4.78, 5) is 14.5. The van der Waals surface area contributed by atoms with Gasteiger partial charge >= 0.3 is 0 Å². The zero-order chi connectivity index (χ0) is 22.0. The van der Waals surface area contributed by atoms with Crippen molar-refractivity contribution >= 4 is 15.8 Å². The van der Waals surface area contributed by atoms with Gasteiger partial charge in [0.05, 0.1) is 10.6 Å². The summed E-state index contributed by atoms with van der Waals surface area (Å²) >= 11 is 0. The van der Waals surface area contributed by atoms with E-state index in [1.165, 1.54) is 39.3 Å². The largest absolute Gasteiger partial charge is 0.354 e. The molecule has 0 N–H and O–H groups in total. The highest BCUT2D eigenvalue weighted by molar-refractivity contribution is 7.89. The zero-order valence-corrected chi connectivity index (χ0v) is 17.9. The minimum Gasteiger partial charge on any atom is -0.354 e. The molecule has 4 rings (SSSR count). The summed E-state index contributed by atoms with van der Waals surface area (Å²) in [6.45, 7) is 3.69. The fraction of sp³-hybridized carbons (Fsp3) is 0.273. The molecule has 0 aliphatic carbocycles. The number of nitrogens with zero attached hydrogens (tertiary/aromatic N) is 4. The molecular formula is C22H23FN4O3S. The van der Waals surface area contributed by atoms with Gasteiger partial charge in [-0.3, -0.25) is 4.79 Å². The molecule has 2 heterocycles. The molecule has 1 aliphatic heterocycles. The first-order valence-electron chi connectivity index (χ1n) is 10.0. The van der Waals surface area contributed by atoms with Crippen molar-refractivity contribution in [2.45, 2.75) is 18.2 Å². The standard InChI is InChI=1S/C22H23FN4O3S/c1-17-3-9-20(10-4-17)31(29,30)26-14-2-13-25(15-16-26)21-11-12-22(28)27(24-21)19-7-5-18(23)6-8-19/h3-12H,2,13-16H2,1H3. The summed E-state index contributed by atoms with van der Waals surface area (Å²) in [5.41, 5.74) is 1.14. The van der Waals surface area contributed by atoms with Crippen LogP contribution in [-0.4, -0.2) is 48.7 Å². The third-order valence-corrected chi connectivity index (χ3v) is 7.21. The maximum Gasteiger partial charge on any atom is 0.271 e. The lowest BCUT2D eigenvalue weighted by Gasteiger charge is -2.23.